The van der Waals surface area contributed by atoms with Crippen LogP contribution < -0.4 is 10.6 Å². The van der Waals surface area contributed by atoms with Crippen molar-refractivity contribution in [2.24, 2.45) is 5.92 Å². The Morgan fingerprint density at radius 1 is 1.35 bits per heavy atom. The average Bonchev–Trinajstić information content (AvgIpc) is 2.92. The fraction of sp³-hybridized carbons (Fsp3) is 0.412. The summed E-state index contributed by atoms with van der Waals surface area (Å²) in [5, 5.41) is 6.36. The number of nitrogens with one attached hydrogen (secondary N) is 2. The van der Waals surface area contributed by atoms with E-state index >= 15 is 0 Å². The van der Waals surface area contributed by atoms with Gasteiger partial charge in [-0.1, -0.05) is 25.1 Å². The first-order chi connectivity index (χ1) is 10.6. The van der Waals surface area contributed by atoms with Gasteiger partial charge in [0.05, 0.1) is 5.69 Å². The van der Waals surface area contributed by atoms with Crippen molar-refractivity contribution in [3.63, 3.8) is 0 Å². The molecule has 2 unspecified atom stereocenters. The summed E-state index contributed by atoms with van der Waals surface area (Å²) in [4.78, 5) is 16.8. The van der Waals surface area contributed by atoms with Crippen molar-refractivity contribution in [3.05, 3.63) is 41.8 Å². The molecule has 2 heterocycles. The number of oxazole rings is 1. The third kappa shape index (κ3) is 3.92. The van der Waals surface area contributed by atoms with E-state index in [9.17, 15) is 4.79 Å². The summed E-state index contributed by atoms with van der Waals surface area (Å²) in [6.45, 7) is 5.76. The highest BCUT2D eigenvalue weighted by Crippen LogP contribution is 2.22. The fourth-order valence-corrected chi connectivity index (χ4v) is 2.73. The molecule has 0 spiro atoms. The van der Waals surface area contributed by atoms with Crippen molar-refractivity contribution in [1.29, 1.82) is 0 Å². The van der Waals surface area contributed by atoms with E-state index in [0.717, 1.165) is 25.1 Å². The van der Waals surface area contributed by atoms with Gasteiger partial charge in [-0.3, -0.25) is 4.79 Å². The van der Waals surface area contributed by atoms with Gasteiger partial charge in [-0.05, 0) is 37.9 Å². The van der Waals surface area contributed by atoms with Gasteiger partial charge in [0, 0.05) is 18.2 Å². The van der Waals surface area contributed by atoms with Gasteiger partial charge < -0.3 is 15.1 Å². The number of halogens is 1. The lowest BCUT2D eigenvalue weighted by molar-refractivity contribution is 0.0887. The molecule has 23 heavy (non-hydrogen) atoms. The molecular formula is C17H22ClN3O2. The van der Waals surface area contributed by atoms with E-state index < -0.39 is 0 Å². The number of aromatic nitrogens is 1. The Hall–Kier alpha value is -1.85. The van der Waals surface area contributed by atoms with E-state index in [1.54, 1.807) is 6.92 Å². The van der Waals surface area contributed by atoms with E-state index in [-0.39, 0.29) is 24.4 Å². The number of rotatable bonds is 3. The first-order valence-corrected chi connectivity index (χ1v) is 7.69. The minimum absolute atomic E-state index is 0. The molecule has 1 aromatic heterocycles. The van der Waals surface area contributed by atoms with Crippen molar-refractivity contribution in [3.8, 4) is 11.5 Å². The van der Waals surface area contributed by atoms with Crippen molar-refractivity contribution in [2.45, 2.75) is 26.3 Å². The maximum atomic E-state index is 12.5. The van der Waals surface area contributed by atoms with Crippen LogP contribution >= 0.6 is 12.4 Å². The molecule has 0 bridgehead atoms. The van der Waals surface area contributed by atoms with Crippen molar-refractivity contribution in [1.82, 2.24) is 15.6 Å². The Morgan fingerprint density at radius 3 is 2.78 bits per heavy atom. The molecule has 6 heteroatoms. The second-order valence-electron chi connectivity index (χ2n) is 5.85. The van der Waals surface area contributed by atoms with Crippen LogP contribution in [0.4, 0.5) is 0 Å². The summed E-state index contributed by atoms with van der Waals surface area (Å²) in [7, 11) is 0. The van der Waals surface area contributed by atoms with E-state index in [4.69, 9.17) is 4.42 Å². The van der Waals surface area contributed by atoms with Crippen molar-refractivity contribution in [2.75, 3.05) is 13.1 Å². The largest absolute Gasteiger partial charge is 0.431 e. The van der Waals surface area contributed by atoms with Crippen LogP contribution in [-0.4, -0.2) is 30.0 Å². The van der Waals surface area contributed by atoms with Crippen LogP contribution in [0.25, 0.3) is 11.5 Å². The van der Waals surface area contributed by atoms with Gasteiger partial charge in [0.15, 0.2) is 0 Å². The van der Waals surface area contributed by atoms with Crippen LogP contribution in [0.2, 0.25) is 0 Å². The quantitative estimate of drug-likeness (QED) is 0.905. The highest BCUT2D eigenvalue weighted by atomic mass is 35.5. The summed E-state index contributed by atoms with van der Waals surface area (Å²) in [5.74, 6) is 1.06. The fourth-order valence-electron chi connectivity index (χ4n) is 2.73. The van der Waals surface area contributed by atoms with Gasteiger partial charge in [0.1, 0.15) is 0 Å². The van der Waals surface area contributed by atoms with Gasteiger partial charge in [-0.25, -0.2) is 4.98 Å². The van der Waals surface area contributed by atoms with Crippen molar-refractivity contribution < 1.29 is 9.21 Å². The highest BCUT2D eigenvalue weighted by molar-refractivity contribution is 5.93. The molecule has 3 rings (SSSR count). The number of carbonyl (C=O) groups excluding carboxylic acids is 1. The standard InChI is InChI=1S/C17H21N3O2.ClH/c1-11-8-9-18-10-14(11)20-16(21)15-12(2)19-17(22-15)13-6-4-3-5-7-13;/h3-7,11,14,18H,8-10H2,1-2H3,(H,20,21);1H. The third-order valence-electron chi connectivity index (χ3n) is 4.17. The lowest BCUT2D eigenvalue weighted by atomic mass is 9.95. The van der Waals surface area contributed by atoms with Crippen LogP contribution in [0, 0.1) is 12.8 Å². The van der Waals surface area contributed by atoms with Gasteiger partial charge in [-0.2, -0.15) is 0 Å². The monoisotopic (exact) mass is 335 g/mol. The minimum atomic E-state index is -0.187. The van der Waals surface area contributed by atoms with Crippen LogP contribution in [0.1, 0.15) is 29.6 Å². The van der Waals surface area contributed by atoms with Crippen LogP contribution in [0.3, 0.4) is 0 Å². The summed E-state index contributed by atoms with van der Waals surface area (Å²) < 4.78 is 5.70. The Morgan fingerprint density at radius 2 is 2.09 bits per heavy atom. The second kappa shape index (κ2) is 7.62. The van der Waals surface area contributed by atoms with Crippen LogP contribution in [0.5, 0.6) is 0 Å². The molecule has 2 N–H and O–H groups in total. The Balaban J connectivity index is 0.00000192. The molecule has 2 aromatic rings. The number of piperidine rings is 1. The number of benzene rings is 1. The van der Waals surface area contributed by atoms with Gasteiger partial charge in [0.2, 0.25) is 11.7 Å². The molecule has 1 aromatic carbocycles. The summed E-state index contributed by atoms with van der Waals surface area (Å²) in [5.41, 5.74) is 1.49. The first-order valence-electron chi connectivity index (χ1n) is 7.69. The number of hydrogen-bond acceptors (Lipinski definition) is 4. The van der Waals surface area contributed by atoms with E-state index in [1.165, 1.54) is 0 Å². The summed E-state index contributed by atoms with van der Waals surface area (Å²) in [6.07, 6.45) is 1.07. The Kier molecular flexibility index (Phi) is 5.80. The third-order valence-corrected chi connectivity index (χ3v) is 4.17. The SMILES string of the molecule is Cc1nc(-c2ccccc2)oc1C(=O)NC1CNCCC1C.Cl. The molecule has 2 atom stereocenters. The predicted octanol–water partition coefficient (Wildman–Crippen LogP) is 2.80. The van der Waals surface area contributed by atoms with Gasteiger partial charge in [-0.15, -0.1) is 12.4 Å². The maximum absolute atomic E-state index is 12.5. The van der Waals surface area contributed by atoms with Gasteiger partial charge >= 0.3 is 0 Å². The average molecular weight is 336 g/mol. The number of carbonyl (C=O) groups is 1. The molecule has 1 amide bonds. The zero-order chi connectivity index (χ0) is 15.5. The molecule has 124 valence electrons. The smallest absolute Gasteiger partial charge is 0.289 e. The maximum Gasteiger partial charge on any atom is 0.289 e. The molecule has 0 saturated carbocycles. The molecular weight excluding hydrogens is 314 g/mol. The van der Waals surface area contributed by atoms with Gasteiger partial charge in [0.25, 0.3) is 5.91 Å². The highest BCUT2D eigenvalue weighted by Gasteiger charge is 2.26. The number of amides is 1. The number of hydrogen-bond donors (Lipinski definition) is 2. The Bertz CT molecular complexity index is 657. The zero-order valence-electron chi connectivity index (χ0n) is 13.3. The topological polar surface area (TPSA) is 67.2 Å². The van der Waals surface area contributed by atoms with Crippen LogP contribution in [0.15, 0.2) is 34.7 Å². The molecule has 0 aliphatic carbocycles. The predicted molar refractivity (Wildman–Crippen MR) is 91.8 cm³/mol. The van der Waals surface area contributed by atoms with Crippen LogP contribution in [-0.2, 0) is 0 Å². The van der Waals surface area contributed by atoms with E-state index in [0.29, 0.717) is 23.3 Å². The first kappa shape index (κ1) is 17.5. The lowest BCUT2D eigenvalue weighted by Crippen LogP contribution is -2.50. The number of aryl methyl sites for hydroxylation is 1. The molecule has 1 aliphatic rings. The molecule has 1 aliphatic heterocycles. The normalized spacial score (nSPS) is 20.6. The molecule has 5 nitrogen and oxygen atoms in total. The molecule has 0 radical (unpaired) electrons. The number of nitrogens with zero attached hydrogens (tertiary/aromatic N) is 1. The molecule has 1 saturated heterocycles. The zero-order valence-corrected chi connectivity index (χ0v) is 14.2. The minimum Gasteiger partial charge on any atom is -0.431 e. The van der Waals surface area contributed by atoms with E-state index in [2.05, 4.69) is 22.5 Å². The molecule has 1 fully saturated rings. The second-order valence-corrected chi connectivity index (χ2v) is 5.85. The summed E-state index contributed by atoms with van der Waals surface area (Å²) in [6, 6.07) is 9.74. The Labute approximate surface area is 142 Å². The lowest BCUT2D eigenvalue weighted by Gasteiger charge is -2.29. The summed E-state index contributed by atoms with van der Waals surface area (Å²) >= 11 is 0. The van der Waals surface area contributed by atoms with E-state index in [1.807, 2.05) is 30.3 Å². The van der Waals surface area contributed by atoms with Crippen molar-refractivity contribution >= 4 is 18.3 Å².